The van der Waals surface area contributed by atoms with Gasteiger partial charge in [-0.25, -0.2) is 0 Å². The summed E-state index contributed by atoms with van der Waals surface area (Å²) in [5.41, 5.74) is 0. The highest BCUT2D eigenvalue weighted by atomic mass is 16.6. The molecule has 3 heteroatoms. The summed E-state index contributed by atoms with van der Waals surface area (Å²) in [5.74, 6) is -0.879. The van der Waals surface area contributed by atoms with Crippen molar-refractivity contribution in [3.63, 3.8) is 0 Å². The van der Waals surface area contributed by atoms with Crippen LogP contribution in [0, 0.1) is 0 Å². The van der Waals surface area contributed by atoms with Crippen molar-refractivity contribution >= 4 is 11.9 Å². The Morgan fingerprint density at radius 1 is 1.20 bits per heavy atom. The summed E-state index contributed by atoms with van der Waals surface area (Å²) in [7, 11) is 0. The fourth-order valence-electron chi connectivity index (χ4n) is 0.718. The first-order valence-corrected chi connectivity index (χ1v) is 3.17. The van der Waals surface area contributed by atoms with Crippen LogP contribution in [0.5, 0.6) is 0 Å². The third kappa shape index (κ3) is 2.01. The maximum atomic E-state index is 10.6. The number of hydrogen-bond donors (Lipinski definition) is 0. The van der Waals surface area contributed by atoms with Crippen LogP contribution in [0.15, 0.2) is 12.2 Å². The van der Waals surface area contributed by atoms with Gasteiger partial charge in [0, 0.05) is 6.42 Å². The molecule has 0 radical (unpaired) electrons. The van der Waals surface area contributed by atoms with Gasteiger partial charge in [0.15, 0.2) is 0 Å². The van der Waals surface area contributed by atoms with E-state index in [9.17, 15) is 9.59 Å². The molecule has 0 aliphatic carbocycles. The van der Waals surface area contributed by atoms with Gasteiger partial charge in [0.1, 0.15) is 0 Å². The fraction of sp³-hybridized carbons (Fsp3) is 0.429. The summed E-state index contributed by atoms with van der Waals surface area (Å²) >= 11 is 0. The molecule has 0 aromatic rings. The first-order chi connectivity index (χ1) is 4.79. The van der Waals surface area contributed by atoms with Crippen LogP contribution in [-0.4, -0.2) is 11.9 Å². The maximum absolute atomic E-state index is 10.6. The summed E-state index contributed by atoms with van der Waals surface area (Å²) in [6.07, 6.45) is 4.73. The van der Waals surface area contributed by atoms with Crippen LogP contribution in [0.1, 0.15) is 19.3 Å². The molecule has 0 aromatic carbocycles. The van der Waals surface area contributed by atoms with Crippen molar-refractivity contribution in [2.24, 2.45) is 0 Å². The molecule has 0 saturated carbocycles. The summed E-state index contributed by atoms with van der Waals surface area (Å²) in [5, 5.41) is 0. The van der Waals surface area contributed by atoms with Crippen molar-refractivity contribution in [3.05, 3.63) is 12.2 Å². The topological polar surface area (TPSA) is 43.4 Å². The van der Waals surface area contributed by atoms with Crippen molar-refractivity contribution < 1.29 is 14.3 Å². The lowest BCUT2D eigenvalue weighted by Gasteiger charge is -2.01. The standard InChI is InChI=1S/C7H8O3/c8-6-4-2-1-3-5-7(9)10-6/h1-2H,3-5H2/b2-1-. The second kappa shape index (κ2) is 3.15. The molecular formula is C7H8O3. The van der Waals surface area contributed by atoms with E-state index in [0.717, 1.165) is 0 Å². The molecular weight excluding hydrogens is 132 g/mol. The molecule has 0 fully saturated rings. The van der Waals surface area contributed by atoms with Crippen molar-refractivity contribution in [2.75, 3.05) is 0 Å². The normalized spacial score (nSPS) is 22.8. The molecule has 10 heavy (non-hydrogen) atoms. The summed E-state index contributed by atoms with van der Waals surface area (Å²) in [6, 6.07) is 0. The van der Waals surface area contributed by atoms with Gasteiger partial charge >= 0.3 is 11.9 Å². The number of carbonyl (C=O) groups is 2. The smallest absolute Gasteiger partial charge is 0.317 e. The van der Waals surface area contributed by atoms with Crippen LogP contribution >= 0.6 is 0 Å². The second-order valence-corrected chi connectivity index (χ2v) is 2.06. The first-order valence-electron chi connectivity index (χ1n) is 3.17. The number of esters is 2. The highest BCUT2D eigenvalue weighted by Crippen LogP contribution is 2.01. The summed E-state index contributed by atoms with van der Waals surface area (Å²) < 4.78 is 4.36. The summed E-state index contributed by atoms with van der Waals surface area (Å²) in [6.45, 7) is 0. The minimum absolute atomic E-state index is 0.214. The zero-order valence-corrected chi connectivity index (χ0v) is 5.50. The third-order valence-electron chi connectivity index (χ3n) is 1.19. The van der Waals surface area contributed by atoms with Gasteiger partial charge in [-0.05, 0) is 6.42 Å². The van der Waals surface area contributed by atoms with E-state index in [4.69, 9.17) is 0 Å². The predicted molar refractivity (Wildman–Crippen MR) is 34.1 cm³/mol. The van der Waals surface area contributed by atoms with Gasteiger partial charge in [-0.2, -0.15) is 0 Å². The molecule has 0 spiro atoms. The van der Waals surface area contributed by atoms with Crippen LogP contribution in [0.2, 0.25) is 0 Å². The zero-order chi connectivity index (χ0) is 7.40. The van der Waals surface area contributed by atoms with Gasteiger partial charge in [0.2, 0.25) is 0 Å². The van der Waals surface area contributed by atoms with E-state index in [-0.39, 0.29) is 6.42 Å². The molecule has 3 nitrogen and oxygen atoms in total. The van der Waals surface area contributed by atoms with Crippen LogP contribution in [0.25, 0.3) is 0 Å². The largest absolute Gasteiger partial charge is 0.393 e. The average molecular weight is 140 g/mol. The Morgan fingerprint density at radius 3 is 2.80 bits per heavy atom. The predicted octanol–water partition coefficient (Wildman–Crippen LogP) is 0.796. The quantitative estimate of drug-likeness (QED) is 0.284. The Morgan fingerprint density at radius 2 is 2.00 bits per heavy atom. The second-order valence-electron chi connectivity index (χ2n) is 2.06. The molecule has 0 amide bonds. The van der Waals surface area contributed by atoms with Crippen molar-refractivity contribution in [1.29, 1.82) is 0 Å². The lowest BCUT2D eigenvalue weighted by molar-refractivity contribution is -0.159. The Kier molecular flexibility index (Phi) is 2.20. The highest BCUT2D eigenvalue weighted by molar-refractivity contribution is 5.86. The summed E-state index contributed by atoms with van der Waals surface area (Å²) in [4.78, 5) is 21.1. The lowest BCUT2D eigenvalue weighted by Crippen LogP contribution is -2.12. The van der Waals surface area contributed by atoms with Gasteiger partial charge in [0.25, 0.3) is 0 Å². The van der Waals surface area contributed by atoms with E-state index in [1.807, 2.05) is 6.08 Å². The first kappa shape index (κ1) is 6.99. The van der Waals surface area contributed by atoms with E-state index in [1.54, 1.807) is 6.08 Å². The van der Waals surface area contributed by atoms with E-state index < -0.39 is 11.9 Å². The molecule has 1 aliphatic rings. The molecule has 0 unspecified atom stereocenters. The minimum atomic E-state index is -0.457. The number of hydrogen-bond acceptors (Lipinski definition) is 3. The van der Waals surface area contributed by atoms with Gasteiger partial charge in [-0.1, -0.05) is 12.2 Å². The van der Waals surface area contributed by atoms with E-state index in [0.29, 0.717) is 12.8 Å². The zero-order valence-electron chi connectivity index (χ0n) is 5.50. The SMILES string of the molecule is O=C1C/C=C\CCC(=O)O1. The maximum Gasteiger partial charge on any atom is 0.317 e. The average Bonchev–Trinajstić information content (AvgIpc) is 1.83. The van der Waals surface area contributed by atoms with Gasteiger partial charge < -0.3 is 4.74 Å². The molecule has 1 rings (SSSR count). The molecule has 0 atom stereocenters. The molecule has 0 saturated heterocycles. The molecule has 0 N–H and O–H groups in total. The van der Waals surface area contributed by atoms with Crippen molar-refractivity contribution in [1.82, 2.24) is 0 Å². The van der Waals surface area contributed by atoms with Crippen LogP contribution in [0.3, 0.4) is 0 Å². The monoisotopic (exact) mass is 140 g/mol. The third-order valence-corrected chi connectivity index (χ3v) is 1.19. The Balaban J connectivity index is 2.55. The van der Waals surface area contributed by atoms with Gasteiger partial charge in [-0.15, -0.1) is 0 Å². The van der Waals surface area contributed by atoms with Gasteiger partial charge in [0.05, 0.1) is 6.42 Å². The number of cyclic esters (lactones) is 2. The van der Waals surface area contributed by atoms with Crippen LogP contribution < -0.4 is 0 Å². The number of ether oxygens (including phenoxy) is 1. The van der Waals surface area contributed by atoms with Gasteiger partial charge in [-0.3, -0.25) is 9.59 Å². The van der Waals surface area contributed by atoms with E-state index >= 15 is 0 Å². The Labute approximate surface area is 58.7 Å². The Hall–Kier alpha value is -1.12. The number of allylic oxidation sites excluding steroid dienone is 1. The van der Waals surface area contributed by atoms with Crippen LogP contribution in [0.4, 0.5) is 0 Å². The fourth-order valence-corrected chi connectivity index (χ4v) is 0.718. The van der Waals surface area contributed by atoms with Crippen molar-refractivity contribution in [3.8, 4) is 0 Å². The van der Waals surface area contributed by atoms with E-state index in [1.165, 1.54) is 0 Å². The molecule has 1 aliphatic heterocycles. The molecule has 54 valence electrons. The van der Waals surface area contributed by atoms with E-state index in [2.05, 4.69) is 4.74 Å². The van der Waals surface area contributed by atoms with Crippen LogP contribution in [-0.2, 0) is 14.3 Å². The lowest BCUT2D eigenvalue weighted by atomic mass is 10.2. The molecule has 0 aromatic heterocycles. The highest BCUT2D eigenvalue weighted by Gasteiger charge is 2.09. The molecule has 1 heterocycles. The minimum Gasteiger partial charge on any atom is -0.393 e. The number of rotatable bonds is 0. The Bertz CT molecular complexity index is 181. The molecule has 0 bridgehead atoms. The number of carbonyl (C=O) groups excluding carboxylic acids is 2. The van der Waals surface area contributed by atoms with Crippen molar-refractivity contribution in [2.45, 2.75) is 19.3 Å².